The molecule has 110 valence electrons. The summed E-state index contributed by atoms with van der Waals surface area (Å²) in [7, 11) is 2.07. The SMILES string of the molecule is CC(C)OCCCCNCc1nc2ccccc2n1C. The minimum absolute atomic E-state index is 0.336. The molecule has 0 spiro atoms. The van der Waals surface area contributed by atoms with Crippen LogP contribution in [0.2, 0.25) is 0 Å². The van der Waals surface area contributed by atoms with E-state index in [2.05, 4.69) is 54.0 Å². The number of aryl methyl sites for hydroxylation is 1. The molecular formula is C16H25N3O. The molecule has 0 saturated heterocycles. The number of ether oxygens (including phenoxy) is 1. The van der Waals surface area contributed by atoms with Crippen LogP contribution in [0.4, 0.5) is 0 Å². The van der Waals surface area contributed by atoms with Gasteiger partial charge in [0.2, 0.25) is 0 Å². The van der Waals surface area contributed by atoms with E-state index in [1.54, 1.807) is 0 Å². The zero-order valence-corrected chi connectivity index (χ0v) is 12.7. The van der Waals surface area contributed by atoms with Gasteiger partial charge in [-0.2, -0.15) is 0 Å². The lowest BCUT2D eigenvalue weighted by Crippen LogP contribution is -2.18. The molecule has 0 saturated carbocycles. The molecule has 0 unspecified atom stereocenters. The molecule has 4 heteroatoms. The second kappa shape index (κ2) is 7.41. The molecule has 0 radical (unpaired) electrons. The van der Waals surface area contributed by atoms with E-state index in [1.165, 1.54) is 5.52 Å². The molecule has 1 aromatic carbocycles. The van der Waals surface area contributed by atoms with Crippen LogP contribution >= 0.6 is 0 Å². The van der Waals surface area contributed by atoms with Gasteiger partial charge >= 0.3 is 0 Å². The number of imidazole rings is 1. The highest BCUT2D eigenvalue weighted by Gasteiger charge is 2.05. The van der Waals surface area contributed by atoms with Crippen LogP contribution in [0.15, 0.2) is 24.3 Å². The van der Waals surface area contributed by atoms with E-state index in [0.717, 1.165) is 43.9 Å². The minimum Gasteiger partial charge on any atom is -0.379 e. The van der Waals surface area contributed by atoms with Crippen LogP contribution in [-0.2, 0) is 18.3 Å². The summed E-state index contributed by atoms with van der Waals surface area (Å²) in [5.41, 5.74) is 2.26. The van der Waals surface area contributed by atoms with Gasteiger partial charge in [0.15, 0.2) is 0 Å². The highest BCUT2D eigenvalue weighted by Crippen LogP contribution is 2.13. The van der Waals surface area contributed by atoms with Gasteiger partial charge in [0.1, 0.15) is 5.82 Å². The molecule has 0 atom stereocenters. The average molecular weight is 275 g/mol. The first kappa shape index (κ1) is 15.0. The van der Waals surface area contributed by atoms with E-state index >= 15 is 0 Å². The Kier molecular flexibility index (Phi) is 5.56. The summed E-state index contributed by atoms with van der Waals surface area (Å²) in [5, 5.41) is 3.45. The van der Waals surface area contributed by atoms with E-state index in [9.17, 15) is 0 Å². The Morgan fingerprint density at radius 2 is 2.05 bits per heavy atom. The molecule has 2 rings (SSSR count). The van der Waals surface area contributed by atoms with Gasteiger partial charge in [0.25, 0.3) is 0 Å². The van der Waals surface area contributed by atoms with Crippen molar-refractivity contribution in [3.05, 3.63) is 30.1 Å². The monoisotopic (exact) mass is 275 g/mol. The molecule has 0 bridgehead atoms. The topological polar surface area (TPSA) is 39.1 Å². The van der Waals surface area contributed by atoms with Crippen LogP contribution in [0, 0.1) is 0 Å². The molecule has 1 N–H and O–H groups in total. The van der Waals surface area contributed by atoms with Crippen LogP contribution in [0.5, 0.6) is 0 Å². The highest BCUT2D eigenvalue weighted by molar-refractivity contribution is 5.75. The largest absolute Gasteiger partial charge is 0.379 e. The predicted octanol–water partition coefficient (Wildman–Crippen LogP) is 2.87. The quantitative estimate of drug-likeness (QED) is 0.753. The Bertz CT molecular complexity index is 534. The number of unbranched alkanes of at least 4 members (excludes halogenated alkanes) is 1. The van der Waals surface area contributed by atoms with Gasteiger partial charge in [-0.05, 0) is 45.4 Å². The number of nitrogens with one attached hydrogen (secondary N) is 1. The number of benzene rings is 1. The van der Waals surface area contributed by atoms with Gasteiger partial charge in [-0.3, -0.25) is 0 Å². The van der Waals surface area contributed by atoms with Crippen LogP contribution in [0.3, 0.4) is 0 Å². The van der Waals surface area contributed by atoms with E-state index < -0.39 is 0 Å². The fraction of sp³-hybridized carbons (Fsp3) is 0.562. The van der Waals surface area contributed by atoms with Crippen LogP contribution in [0.1, 0.15) is 32.5 Å². The minimum atomic E-state index is 0.336. The van der Waals surface area contributed by atoms with E-state index in [-0.39, 0.29) is 0 Å². The summed E-state index contributed by atoms with van der Waals surface area (Å²) in [4.78, 5) is 4.65. The maximum Gasteiger partial charge on any atom is 0.123 e. The maximum absolute atomic E-state index is 5.52. The number of nitrogens with zero attached hydrogens (tertiary/aromatic N) is 2. The molecule has 2 aromatic rings. The Hall–Kier alpha value is -1.39. The highest BCUT2D eigenvalue weighted by atomic mass is 16.5. The van der Waals surface area contributed by atoms with Gasteiger partial charge in [-0.1, -0.05) is 12.1 Å². The van der Waals surface area contributed by atoms with Crippen molar-refractivity contribution in [2.24, 2.45) is 7.05 Å². The zero-order chi connectivity index (χ0) is 14.4. The van der Waals surface area contributed by atoms with E-state index in [0.29, 0.717) is 6.10 Å². The lowest BCUT2D eigenvalue weighted by molar-refractivity contribution is 0.0760. The van der Waals surface area contributed by atoms with Gasteiger partial charge < -0.3 is 14.6 Å². The Balaban J connectivity index is 1.72. The summed E-state index contributed by atoms with van der Waals surface area (Å²) in [6.45, 7) is 6.82. The third-order valence-corrected chi connectivity index (χ3v) is 3.36. The second-order valence-corrected chi connectivity index (χ2v) is 5.38. The lowest BCUT2D eigenvalue weighted by Gasteiger charge is -2.08. The van der Waals surface area contributed by atoms with Crippen molar-refractivity contribution in [3.8, 4) is 0 Å². The fourth-order valence-corrected chi connectivity index (χ4v) is 2.22. The second-order valence-electron chi connectivity index (χ2n) is 5.38. The number of hydrogen-bond acceptors (Lipinski definition) is 3. The van der Waals surface area contributed by atoms with Crippen molar-refractivity contribution in [1.29, 1.82) is 0 Å². The van der Waals surface area contributed by atoms with Crippen molar-refractivity contribution >= 4 is 11.0 Å². The van der Waals surface area contributed by atoms with Crippen molar-refractivity contribution in [3.63, 3.8) is 0 Å². The third-order valence-electron chi connectivity index (χ3n) is 3.36. The van der Waals surface area contributed by atoms with Crippen molar-refractivity contribution in [2.75, 3.05) is 13.2 Å². The number of rotatable bonds is 8. The standard InChI is InChI=1S/C16H25N3O/c1-13(2)20-11-7-6-10-17-12-16-18-14-8-4-5-9-15(14)19(16)3/h4-5,8-9,13,17H,6-7,10-12H2,1-3H3. The smallest absolute Gasteiger partial charge is 0.123 e. The van der Waals surface area contributed by atoms with Gasteiger partial charge in [-0.15, -0.1) is 0 Å². The van der Waals surface area contributed by atoms with Crippen molar-refractivity contribution in [1.82, 2.24) is 14.9 Å². The number of hydrogen-bond donors (Lipinski definition) is 1. The van der Waals surface area contributed by atoms with Crippen LogP contribution < -0.4 is 5.32 Å². The molecule has 0 aliphatic rings. The summed E-state index contributed by atoms with van der Waals surface area (Å²) in [6.07, 6.45) is 2.58. The average Bonchev–Trinajstić information content (AvgIpc) is 2.75. The van der Waals surface area contributed by atoms with Crippen LogP contribution in [0.25, 0.3) is 11.0 Å². The Labute approximate surface area is 121 Å². The van der Waals surface area contributed by atoms with E-state index in [4.69, 9.17) is 4.74 Å². The lowest BCUT2D eigenvalue weighted by atomic mass is 10.3. The molecule has 0 amide bonds. The molecule has 1 heterocycles. The van der Waals surface area contributed by atoms with Gasteiger partial charge in [0, 0.05) is 13.7 Å². The molecule has 1 aromatic heterocycles. The van der Waals surface area contributed by atoms with Crippen LogP contribution in [-0.4, -0.2) is 28.8 Å². The first-order valence-electron chi connectivity index (χ1n) is 7.41. The van der Waals surface area contributed by atoms with Gasteiger partial charge in [-0.25, -0.2) is 4.98 Å². The van der Waals surface area contributed by atoms with E-state index in [1.807, 2.05) is 6.07 Å². The normalized spacial score (nSPS) is 11.6. The van der Waals surface area contributed by atoms with Crippen molar-refractivity contribution < 1.29 is 4.74 Å². The molecule has 0 aliphatic carbocycles. The Morgan fingerprint density at radius 3 is 2.80 bits per heavy atom. The summed E-state index contributed by atoms with van der Waals surface area (Å²) >= 11 is 0. The van der Waals surface area contributed by atoms with Gasteiger partial charge in [0.05, 0.1) is 23.7 Å². The first-order valence-corrected chi connectivity index (χ1v) is 7.41. The number of para-hydroxylation sites is 2. The number of aromatic nitrogens is 2. The zero-order valence-electron chi connectivity index (χ0n) is 12.7. The molecule has 4 nitrogen and oxygen atoms in total. The summed E-state index contributed by atoms with van der Waals surface area (Å²) in [6, 6.07) is 8.24. The molecular weight excluding hydrogens is 250 g/mol. The Morgan fingerprint density at radius 1 is 1.25 bits per heavy atom. The first-order chi connectivity index (χ1) is 9.68. The molecule has 0 aliphatic heterocycles. The fourth-order valence-electron chi connectivity index (χ4n) is 2.22. The maximum atomic E-state index is 5.52. The molecule has 20 heavy (non-hydrogen) atoms. The van der Waals surface area contributed by atoms with Crippen molar-refractivity contribution in [2.45, 2.75) is 39.3 Å². The predicted molar refractivity (Wildman–Crippen MR) is 82.7 cm³/mol. The summed E-state index contributed by atoms with van der Waals surface area (Å²) in [5.74, 6) is 1.09. The number of fused-ring (bicyclic) bond motifs is 1. The molecule has 0 fully saturated rings. The third kappa shape index (κ3) is 4.05. The summed E-state index contributed by atoms with van der Waals surface area (Å²) < 4.78 is 7.68.